The molecule has 0 saturated heterocycles. The fourth-order valence-corrected chi connectivity index (χ4v) is 1.10. The third kappa shape index (κ3) is 26.1. The summed E-state index contributed by atoms with van der Waals surface area (Å²) < 4.78 is 0. The molecule has 0 aliphatic rings. The van der Waals surface area contributed by atoms with E-state index >= 15 is 0 Å². The molecule has 0 aromatic carbocycles. The Hall–Kier alpha value is -0.590. The summed E-state index contributed by atoms with van der Waals surface area (Å²) in [7, 11) is 0. The van der Waals surface area contributed by atoms with Crippen LogP contribution in [0.5, 0.6) is 0 Å². The van der Waals surface area contributed by atoms with Crippen LogP contribution in [0, 0.1) is 5.92 Å². The predicted molar refractivity (Wildman–Crippen MR) is 96.3 cm³/mol. The average molecular weight is 289 g/mol. The van der Waals surface area contributed by atoms with Gasteiger partial charge in [-0.2, -0.15) is 0 Å². The molecule has 0 heterocycles. The quantitative estimate of drug-likeness (QED) is 0.454. The minimum atomic E-state index is 0. The lowest BCUT2D eigenvalue weighted by molar-refractivity contribution is 0.660. The molecular weight excluding hydrogens is 247 g/mol. The first-order chi connectivity index (χ1) is 8.84. The van der Waals surface area contributed by atoms with Gasteiger partial charge >= 0.3 is 0 Å². The van der Waals surface area contributed by atoms with Crippen LogP contribution in [0.25, 0.3) is 0 Å². The molecule has 0 unspecified atom stereocenters. The van der Waals surface area contributed by atoms with Crippen molar-refractivity contribution >= 4 is 0 Å². The Bertz CT molecular complexity index is 228. The second kappa shape index (κ2) is 20.7. The fraction of sp³-hybridized carbons (Fsp3) is 0.789. The van der Waals surface area contributed by atoms with Crippen molar-refractivity contribution in [3.63, 3.8) is 0 Å². The number of allylic oxidation sites excluding steroid dienone is 4. The maximum absolute atomic E-state index is 2.37. The zero-order valence-corrected chi connectivity index (χ0v) is 15.9. The smallest absolute Gasteiger partial charge is 0.0112 e. The third-order valence-electron chi connectivity index (χ3n) is 2.84. The van der Waals surface area contributed by atoms with Gasteiger partial charge in [-0.25, -0.2) is 0 Å². The normalized spacial score (nSPS) is 9.65. The van der Waals surface area contributed by atoms with Crippen LogP contribution in [0.2, 0.25) is 0 Å². The van der Waals surface area contributed by atoms with Gasteiger partial charge in [0, 0.05) is 0 Å². The zero-order chi connectivity index (χ0) is 15.8. The van der Waals surface area contributed by atoms with Crippen LogP contribution in [0.1, 0.15) is 94.9 Å². The van der Waals surface area contributed by atoms with Gasteiger partial charge in [0.1, 0.15) is 0 Å². The number of halogens is 1. The molecule has 0 aromatic heterocycles. The molecule has 0 nitrogen and oxygen atoms in total. The Morgan fingerprint density at radius 3 is 1.55 bits per heavy atom. The Labute approximate surface area is 129 Å². The van der Waals surface area contributed by atoms with Gasteiger partial charge < -0.3 is 0 Å². The Kier molecular flexibility index (Phi) is 28.7. The molecule has 0 bridgehead atoms. The predicted octanol–water partition coefficient (Wildman–Crippen LogP) is 7.71. The summed E-state index contributed by atoms with van der Waals surface area (Å²) in [5.41, 5.74) is 4.47. The molecular formula is C19H41F. The maximum Gasteiger partial charge on any atom is -0.0112 e. The molecule has 0 spiro atoms. The Balaban J connectivity index is -0.000000157. The highest BCUT2D eigenvalue weighted by Gasteiger charge is 1.95. The van der Waals surface area contributed by atoms with Crippen molar-refractivity contribution in [2.24, 2.45) is 5.92 Å². The molecule has 0 fully saturated rings. The van der Waals surface area contributed by atoms with Gasteiger partial charge in [-0.1, -0.05) is 77.2 Å². The van der Waals surface area contributed by atoms with Crippen molar-refractivity contribution in [1.82, 2.24) is 0 Å². The van der Waals surface area contributed by atoms with E-state index in [4.69, 9.17) is 0 Å². The molecule has 20 heavy (non-hydrogen) atoms. The third-order valence-corrected chi connectivity index (χ3v) is 2.84. The monoisotopic (exact) mass is 288 g/mol. The van der Waals surface area contributed by atoms with Gasteiger partial charge in [0.05, 0.1) is 0 Å². The molecule has 0 aliphatic heterocycles. The standard InChI is InChI=1S/C13H24.C4H10.C2H6.FH/c1-10(2)7-8-12(5)9-13(6)11(3)4;1-3-4-2;1-2;/h8,10H,7,9H2,1-6H3;3-4H2,1-2H3;1-2H3;1H/b12-8-;;;. The summed E-state index contributed by atoms with van der Waals surface area (Å²) in [4.78, 5) is 0. The van der Waals surface area contributed by atoms with E-state index < -0.39 is 0 Å². The highest BCUT2D eigenvalue weighted by molar-refractivity contribution is 5.16. The van der Waals surface area contributed by atoms with Crippen LogP contribution in [0.4, 0.5) is 4.70 Å². The minimum absolute atomic E-state index is 0. The van der Waals surface area contributed by atoms with E-state index in [1.165, 1.54) is 36.0 Å². The summed E-state index contributed by atoms with van der Waals surface area (Å²) in [6.07, 6.45) is 7.37. The topological polar surface area (TPSA) is 0 Å². The van der Waals surface area contributed by atoms with Crippen molar-refractivity contribution in [2.75, 3.05) is 0 Å². The van der Waals surface area contributed by atoms with Crippen molar-refractivity contribution in [1.29, 1.82) is 0 Å². The van der Waals surface area contributed by atoms with E-state index in [1.807, 2.05) is 13.8 Å². The lowest BCUT2D eigenvalue weighted by Crippen LogP contribution is -1.87. The lowest BCUT2D eigenvalue weighted by atomic mass is 10.0. The van der Waals surface area contributed by atoms with Crippen LogP contribution in [-0.2, 0) is 0 Å². The van der Waals surface area contributed by atoms with E-state index in [1.54, 1.807) is 0 Å². The number of rotatable bonds is 5. The van der Waals surface area contributed by atoms with Gasteiger partial charge in [0.2, 0.25) is 0 Å². The van der Waals surface area contributed by atoms with Gasteiger partial charge in [0.15, 0.2) is 0 Å². The molecule has 0 radical (unpaired) electrons. The van der Waals surface area contributed by atoms with Crippen molar-refractivity contribution in [3.8, 4) is 0 Å². The highest BCUT2D eigenvalue weighted by Crippen LogP contribution is 2.15. The van der Waals surface area contributed by atoms with E-state index in [9.17, 15) is 0 Å². The van der Waals surface area contributed by atoms with Crippen LogP contribution in [0.15, 0.2) is 22.8 Å². The summed E-state index contributed by atoms with van der Waals surface area (Å²) in [5.74, 6) is 0.780. The second-order valence-corrected chi connectivity index (χ2v) is 5.64. The molecule has 124 valence electrons. The van der Waals surface area contributed by atoms with E-state index in [-0.39, 0.29) is 4.70 Å². The van der Waals surface area contributed by atoms with Crippen LogP contribution >= 0.6 is 0 Å². The lowest BCUT2D eigenvalue weighted by Gasteiger charge is -2.05. The number of unbranched alkanes of at least 4 members (excludes halogenated alkanes) is 1. The Morgan fingerprint density at radius 1 is 0.900 bits per heavy atom. The minimum Gasteiger partial charge on any atom is -0.269 e. The van der Waals surface area contributed by atoms with Gasteiger partial charge in [-0.05, 0) is 46.5 Å². The van der Waals surface area contributed by atoms with Gasteiger partial charge in [-0.3, -0.25) is 4.70 Å². The molecule has 0 atom stereocenters. The number of hydrogen-bond donors (Lipinski definition) is 0. The average Bonchev–Trinajstić information content (AvgIpc) is 2.38. The summed E-state index contributed by atoms with van der Waals surface area (Å²) in [6.45, 7) is 21.7. The molecule has 0 aromatic rings. The van der Waals surface area contributed by atoms with Gasteiger partial charge in [-0.15, -0.1) is 0 Å². The van der Waals surface area contributed by atoms with Gasteiger partial charge in [0.25, 0.3) is 0 Å². The zero-order valence-electron chi connectivity index (χ0n) is 15.9. The first kappa shape index (κ1) is 27.7. The van der Waals surface area contributed by atoms with E-state index in [0.717, 1.165) is 12.3 Å². The van der Waals surface area contributed by atoms with Crippen LogP contribution < -0.4 is 0 Å². The molecule has 0 amide bonds. The van der Waals surface area contributed by atoms with Crippen molar-refractivity contribution in [3.05, 3.63) is 22.8 Å². The largest absolute Gasteiger partial charge is 0.269 e. The van der Waals surface area contributed by atoms with Crippen molar-refractivity contribution < 1.29 is 4.70 Å². The first-order valence-corrected chi connectivity index (χ1v) is 8.13. The molecule has 0 aliphatic carbocycles. The SMILES string of the molecule is CC.CC(C)=C(C)C/C(C)=C\CC(C)C.CCCC.F. The highest BCUT2D eigenvalue weighted by atomic mass is 19.0. The molecule has 0 saturated carbocycles. The first-order valence-electron chi connectivity index (χ1n) is 8.13. The van der Waals surface area contributed by atoms with E-state index in [0.29, 0.717) is 0 Å². The van der Waals surface area contributed by atoms with Crippen LogP contribution in [0.3, 0.4) is 0 Å². The maximum atomic E-state index is 2.37. The number of hydrogen-bond acceptors (Lipinski definition) is 0. The molecule has 0 rings (SSSR count). The summed E-state index contributed by atoms with van der Waals surface area (Å²) in [5, 5.41) is 0. The fourth-order valence-electron chi connectivity index (χ4n) is 1.10. The van der Waals surface area contributed by atoms with E-state index in [2.05, 4.69) is 61.5 Å². The van der Waals surface area contributed by atoms with Crippen molar-refractivity contribution in [2.45, 2.75) is 94.9 Å². The molecule has 0 N–H and O–H groups in total. The summed E-state index contributed by atoms with van der Waals surface area (Å²) >= 11 is 0. The Morgan fingerprint density at radius 2 is 1.30 bits per heavy atom. The molecule has 1 heteroatoms. The summed E-state index contributed by atoms with van der Waals surface area (Å²) in [6, 6.07) is 0. The second-order valence-electron chi connectivity index (χ2n) is 5.64. The van der Waals surface area contributed by atoms with Crippen LogP contribution in [-0.4, -0.2) is 0 Å².